The van der Waals surface area contributed by atoms with Crippen LogP contribution in [0.4, 0.5) is 0 Å². The molecule has 0 radical (unpaired) electrons. The number of hydrogen-bond donors (Lipinski definition) is 1. The Hall–Kier alpha value is -0.970. The normalized spacial score (nSPS) is 9.00. The van der Waals surface area contributed by atoms with Crippen LogP contribution >= 0.6 is 0 Å². The summed E-state index contributed by atoms with van der Waals surface area (Å²) in [4.78, 5) is 10.7. The molecule has 0 saturated carbocycles. The topological polar surface area (TPSA) is 29.1 Å². The van der Waals surface area contributed by atoms with Crippen molar-refractivity contribution in [1.82, 2.24) is 5.32 Å². The molecule has 0 aromatic carbocycles. The monoisotopic (exact) mass is 139 g/mol. The van der Waals surface area contributed by atoms with E-state index in [1.807, 2.05) is 13.8 Å². The van der Waals surface area contributed by atoms with Crippen molar-refractivity contribution in [2.24, 2.45) is 5.92 Å². The molecule has 0 fully saturated rings. The summed E-state index contributed by atoms with van der Waals surface area (Å²) >= 11 is 0. The van der Waals surface area contributed by atoms with Gasteiger partial charge in [0.1, 0.15) is 0 Å². The second-order valence-electron chi connectivity index (χ2n) is 2.58. The van der Waals surface area contributed by atoms with Gasteiger partial charge in [-0.3, -0.25) is 4.79 Å². The molecule has 2 heteroatoms. The molecule has 0 aromatic rings. The average molecular weight is 139 g/mol. The molecule has 0 heterocycles. The summed E-state index contributed by atoms with van der Waals surface area (Å²) in [5, 5.41) is 2.70. The minimum Gasteiger partial charge on any atom is -0.355 e. The van der Waals surface area contributed by atoms with Gasteiger partial charge in [0.2, 0.25) is 5.91 Å². The van der Waals surface area contributed by atoms with Crippen LogP contribution in [0.25, 0.3) is 0 Å². The Balaban J connectivity index is 3.33. The molecule has 56 valence electrons. The van der Waals surface area contributed by atoms with Gasteiger partial charge in [-0.05, 0) is 5.92 Å². The molecular formula is C8H13NO. The number of carbonyl (C=O) groups is 1. The number of hydrogen-bond acceptors (Lipinski definition) is 1. The standard InChI is InChI=1S/C8H13NO/c1-4-5-8(10)9-6-7(2)3/h1,7H,5-6H2,2-3H3,(H,9,10). The molecular weight excluding hydrogens is 126 g/mol. The second kappa shape index (κ2) is 4.87. The SMILES string of the molecule is C#CCC(=O)NCC(C)C. The van der Waals surface area contributed by atoms with Crippen LogP contribution in [0, 0.1) is 18.3 Å². The van der Waals surface area contributed by atoms with E-state index in [0.717, 1.165) is 0 Å². The molecule has 0 spiro atoms. The highest BCUT2D eigenvalue weighted by atomic mass is 16.1. The zero-order valence-corrected chi connectivity index (χ0v) is 6.48. The molecule has 0 unspecified atom stereocenters. The number of terminal acetylenes is 1. The number of nitrogens with one attached hydrogen (secondary N) is 1. The highest BCUT2D eigenvalue weighted by molar-refractivity contribution is 5.78. The maximum Gasteiger partial charge on any atom is 0.232 e. The molecule has 0 saturated heterocycles. The molecule has 0 rings (SSSR count). The van der Waals surface area contributed by atoms with E-state index in [1.165, 1.54) is 0 Å². The highest BCUT2D eigenvalue weighted by Gasteiger charge is 1.97. The summed E-state index contributed by atoms with van der Waals surface area (Å²) in [6.45, 7) is 4.78. The molecule has 0 aromatic heterocycles. The van der Waals surface area contributed by atoms with Gasteiger partial charge in [-0.15, -0.1) is 6.42 Å². The molecule has 0 bridgehead atoms. The fraction of sp³-hybridized carbons (Fsp3) is 0.625. The van der Waals surface area contributed by atoms with Crippen molar-refractivity contribution >= 4 is 5.91 Å². The van der Waals surface area contributed by atoms with Crippen LogP contribution < -0.4 is 5.32 Å². The fourth-order valence-electron chi connectivity index (χ4n) is 0.473. The largest absolute Gasteiger partial charge is 0.355 e. The molecule has 0 atom stereocenters. The third-order valence-corrected chi connectivity index (χ3v) is 0.970. The second-order valence-corrected chi connectivity index (χ2v) is 2.58. The lowest BCUT2D eigenvalue weighted by molar-refractivity contribution is -0.120. The predicted octanol–water partition coefficient (Wildman–Crippen LogP) is 0.782. The van der Waals surface area contributed by atoms with E-state index in [4.69, 9.17) is 6.42 Å². The van der Waals surface area contributed by atoms with Crippen LogP contribution in [0.5, 0.6) is 0 Å². The number of carbonyl (C=O) groups excluding carboxylic acids is 1. The van der Waals surface area contributed by atoms with Crippen LogP contribution in [0.2, 0.25) is 0 Å². The smallest absolute Gasteiger partial charge is 0.232 e. The van der Waals surface area contributed by atoms with Gasteiger partial charge < -0.3 is 5.32 Å². The molecule has 0 aliphatic heterocycles. The van der Waals surface area contributed by atoms with Gasteiger partial charge >= 0.3 is 0 Å². The van der Waals surface area contributed by atoms with Crippen molar-refractivity contribution in [3.63, 3.8) is 0 Å². The van der Waals surface area contributed by atoms with Gasteiger partial charge in [0, 0.05) is 6.54 Å². The third-order valence-electron chi connectivity index (χ3n) is 0.970. The van der Waals surface area contributed by atoms with E-state index >= 15 is 0 Å². The van der Waals surface area contributed by atoms with Crippen molar-refractivity contribution in [1.29, 1.82) is 0 Å². The summed E-state index contributed by atoms with van der Waals surface area (Å²) in [6.07, 6.45) is 5.11. The maximum atomic E-state index is 10.7. The molecule has 1 amide bonds. The van der Waals surface area contributed by atoms with E-state index in [-0.39, 0.29) is 12.3 Å². The van der Waals surface area contributed by atoms with Crippen molar-refractivity contribution in [3.05, 3.63) is 0 Å². The van der Waals surface area contributed by atoms with Gasteiger partial charge in [0.25, 0.3) is 0 Å². The Kier molecular flexibility index (Phi) is 4.39. The summed E-state index contributed by atoms with van der Waals surface area (Å²) in [5.74, 6) is 2.71. The summed E-state index contributed by atoms with van der Waals surface area (Å²) in [5.41, 5.74) is 0. The van der Waals surface area contributed by atoms with Gasteiger partial charge in [0.05, 0.1) is 6.42 Å². The first kappa shape index (κ1) is 9.03. The molecule has 0 aliphatic rings. The first-order valence-corrected chi connectivity index (χ1v) is 3.37. The van der Waals surface area contributed by atoms with Crippen LogP contribution in [0.15, 0.2) is 0 Å². The zero-order valence-electron chi connectivity index (χ0n) is 6.48. The Bertz CT molecular complexity index is 144. The van der Waals surface area contributed by atoms with Crippen LogP contribution in [-0.4, -0.2) is 12.5 Å². The Morgan fingerprint density at radius 3 is 2.70 bits per heavy atom. The van der Waals surface area contributed by atoms with Gasteiger partial charge in [-0.2, -0.15) is 0 Å². The summed E-state index contributed by atoms with van der Waals surface area (Å²) in [6, 6.07) is 0. The lowest BCUT2D eigenvalue weighted by Gasteiger charge is -2.04. The predicted molar refractivity (Wildman–Crippen MR) is 41.3 cm³/mol. The zero-order chi connectivity index (χ0) is 7.98. The lowest BCUT2D eigenvalue weighted by atomic mass is 10.2. The maximum absolute atomic E-state index is 10.7. The van der Waals surface area contributed by atoms with E-state index < -0.39 is 0 Å². The van der Waals surface area contributed by atoms with Crippen molar-refractivity contribution < 1.29 is 4.79 Å². The van der Waals surface area contributed by atoms with Crippen molar-refractivity contribution in [2.75, 3.05) is 6.54 Å². The van der Waals surface area contributed by atoms with Crippen molar-refractivity contribution in [2.45, 2.75) is 20.3 Å². The van der Waals surface area contributed by atoms with E-state index in [9.17, 15) is 4.79 Å². The Morgan fingerprint density at radius 1 is 1.70 bits per heavy atom. The van der Waals surface area contributed by atoms with E-state index in [2.05, 4.69) is 11.2 Å². The first-order valence-electron chi connectivity index (χ1n) is 3.37. The Morgan fingerprint density at radius 2 is 2.30 bits per heavy atom. The van der Waals surface area contributed by atoms with Gasteiger partial charge in [-0.1, -0.05) is 19.8 Å². The summed E-state index contributed by atoms with van der Waals surface area (Å²) in [7, 11) is 0. The summed E-state index contributed by atoms with van der Waals surface area (Å²) < 4.78 is 0. The minimum absolute atomic E-state index is 0.0591. The molecule has 0 aliphatic carbocycles. The number of rotatable bonds is 3. The highest BCUT2D eigenvalue weighted by Crippen LogP contribution is 1.87. The molecule has 10 heavy (non-hydrogen) atoms. The van der Waals surface area contributed by atoms with E-state index in [1.54, 1.807) is 0 Å². The Labute approximate surface area is 62.0 Å². The van der Waals surface area contributed by atoms with Crippen LogP contribution in [-0.2, 0) is 4.79 Å². The van der Waals surface area contributed by atoms with Crippen molar-refractivity contribution in [3.8, 4) is 12.3 Å². The first-order chi connectivity index (χ1) is 4.66. The third kappa shape index (κ3) is 5.17. The van der Waals surface area contributed by atoms with Crippen LogP contribution in [0.1, 0.15) is 20.3 Å². The van der Waals surface area contributed by atoms with Gasteiger partial charge in [0.15, 0.2) is 0 Å². The quantitative estimate of drug-likeness (QED) is 0.575. The van der Waals surface area contributed by atoms with Gasteiger partial charge in [-0.25, -0.2) is 0 Å². The van der Waals surface area contributed by atoms with E-state index in [0.29, 0.717) is 12.5 Å². The minimum atomic E-state index is -0.0591. The van der Waals surface area contributed by atoms with Crippen LogP contribution in [0.3, 0.4) is 0 Å². The molecule has 2 nitrogen and oxygen atoms in total. The fourth-order valence-corrected chi connectivity index (χ4v) is 0.473. The number of amides is 1. The average Bonchev–Trinajstić information content (AvgIpc) is 1.85. The molecule has 1 N–H and O–H groups in total. The lowest BCUT2D eigenvalue weighted by Crippen LogP contribution is -2.26.